The number of carbonyl (C=O) groups excluding carboxylic acids is 2. The molecule has 2 fully saturated rings. The van der Waals surface area contributed by atoms with Gasteiger partial charge in [0.05, 0.1) is 5.56 Å². The number of hydrogen-bond acceptors (Lipinski definition) is 3. The van der Waals surface area contributed by atoms with E-state index in [1.54, 1.807) is 4.90 Å². The molecule has 3 aromatic carbocycles. The van der Waals surface area contributed by atoms with E-state index in [0.29, 0.717) is 24.1 Å². The molecule has 0 unspecified atom stereocenters. The Morgan fingerprint density at radius 2 is 1.56 bits per heavy atom. The first-order valence-corrected chi connectivity index (χ1v) is 16.8. The van der Waals surface area contributed by atoms with Crippen molar-refractivity contribution < 1.29 is 22.8 Å². The molecule has 9 heteroatoms. The van der Waals surface area contributed by atoms with Crippen molar-refractivity contribution in [1.29, 1.82) is 0 Å². The van der Waals surface area contributed by atoms with Gasteiger partial charge < -0.3 is 20.1 Å². The van der Waals surface area contributed by atoms with Crippen LogP contribution in [0.4, 0.5) is 24.5 Å². The van der Waals surface area contributed by atoms with Crippen LogP contribution >= 0.6 is 0 Å². The molecule has 1 heterocycles. The Morgan fingerprint density at radius 1 is 0.917 bits per heavy atom. The standard InChI is InChI=1S/C39H45F3N4O2/c1-25-34(30-11-7-8-12-32(30)43-25)35-31(37(35,2)3)23-33(47)46(24-26-13-15-27(16-14-26)39(40,41)42)38(21-9-6-10-22-38)36(48)44-28-17-19-29(20-18-28)45(4)5/h7-8,11-20,31,35,43H,6,9-10,21-24H2,1-5H3,(H,44,48)/t31-,35+/m1/s1. The van der Waals surface area contributed by atoms with E-state index in [-0.39, 0.29) is 42.0 Å². The van der Waals surface area contributed by atoms with E-state index < -0.39 is 17.3 Å². The van der Waals surface area contributed by atoms with Crippen LogP contribution in [0.3, 0.4) is 0 Å². The Hall–Kier alpha value is -4.27. The molecule has 2 aliphatic rings. The maximum absolute atomic E-state index is 14.7. The number of H-pyrrole nitrogens is 1. The molecule has 4 aromatic rings. The minimum Gasteiger partial charge on any atom is -0.378 e. The van der Waals surface area contributed by atoms with E-state index in [4.69, 9.17) is 0 Å². The minimum absolute atomic E-state index is 0.0419. The second-order valence-corrected chi connectivity index (χ2v) is 14.5. The molecule has 2 atom stereocenters. The zero-order valence-electron chi connectivity index (χ0n) is 28.4. The van der Waals surface area contributed by atoms with Gasteiger partial charge in [0, 0.05) is 55.0 Å². The summed E-state index contributed by atoms with van der Waals surface area (Å²) in [4.78, 5) is 36.3. The molecular weight excluding hydrogens is 613 g/mol. The fraction of sp³-hybridized carbons (Fsp3) is 0.436. The normalized spacial score (nSPS) is 19.9. The van der Waals surface area contributed by atoms with Crippen LogP contribution < -0.4 is 10.2 Å². The quantitative estimate of drug-likeness (QED) is 0.189. The summed E-state index contributed by atoms with van der Waals surface area (Å²) in [5.41, 5.74) is 3.55. The largest absolute Gasteiger partial charge is 0.416 e. The van der Waals surface area contributed by atoms with Crippen LogP contribution in [0.15, 0.2) is 72.8 Å². The van der Waals surface area contributed by atoms with E-state index in [1.807, 2.05) is 55.4 Å². The van der Waals surface area contributed by atoms with Crippen LogP contribution in [0.5, 0.6) is 0 Å². The van der Waals surface area contributed by atoms with Crippen molar-refractivity contribution in [1.82, 2.24) is 9.88 Å². The van der Waals surface area contributed by atoms with Gasteiger partial charge in [-0.05, 0) is 90.6 Å². The molecule has 1 aromatic heterocycles. The highest BCUT2D eigenvalue weighted by molar-refractivity contribution is 6.01. The number of halogens is 3. The molecule has 48 heavy (non-hydrogen) atoms. The van der Waals surface area contributed by atoms with Gasteiger partial charge >= 0.3 is 6.18 Å². The number of alkyl halides is 3. The van der Waals surface area contributed by atoms with E-state index >= 15 is 0 Å². The van der Waals surface area contributed by atoms with Gasteiger partial charge in [-0.2, -0.15) is 13.2 Å². The van der Waals surface area contributed by atoms with Gasteiger partial charge in [0.15, 0.2) is 0 Å². The lowest BCUT2D eigenvalue weighted by Gasteiger charge is -2.45. The molecule has 6 rings (SSSR count). The van der Waals surface area contributed by atoms with Gasteiger partial charge in [-0.3, -0.25) is 9.59 Å². The number of anilines is 2. The number of rotatable bonds is 9. The number of carbonyl (C=O) groups is 2. The summed E-state index contributed by atoms with van der Waals surface area (Å²) in [6.45, 7) is 6.51. The first kappa shape index (κ1) is 33.6. The summed E-state index contributed by atoms with van der Waals surface area (Å²) in [7, 11) is 3.89. The third-order valence-corrected chi connectivity index (χ3v) is 10.9. The summed E-state index contributed by atoms with van der Waals surface area (Å²) in [5.74, 6) is -0.204. The van der Waals surface area contributed by atoms with Gasteiger partial charge in [-0.1, -0.05) is 63.4 Å². The van der Waals surface area contributed by atoms with Crippen molar-refractivity contribution in [3.8, 4) is 0 Å². The minimum atomic E-state index is -4.46. The van der Waals surface area contributed by atoms with Crippen LogP contribution in [0.1, 0.15) is 80.7 Å². The lowest BCUT2D eigenvalue weighted by atomic mass is 9.78. The number of aryl methyl sites for hydroxylation is 1. The Morgan fingerprint density at radius 3 is 2.19 bits per heavy atom. The van der Waals surface area contributed by atoms with E-state index in [0.717, 1.165) is 53.7 Å². The first-order chi connectivity index (χ1) is 22.7. The van der Waals surface area contributed by atoms with Crippen molar-refractivity contribution >= 4 is 34.1 Å². The van der Waals surface area contributed by atoms with Gasteiger partial charge in [0.2, 0.25) is 11.8 Å². The van der Waals surface area contributed by atoms with Gasteiger partial charge in [0.1, 0.15) is 5.54 Å². The van der Waals surface area contributed by atoms with Crippen LogP contribution in [-0.4, -0.2) is 41.3 Å². The average molecular weight is 659 g/mol. The Labute approximate surface area is 280 Å². The highest BCUT2D eigenvalue weighted by Crippen LogP contribution is 2.67. The van der Waals surface area contributed by atoms with E-state index in [9.17, 15) is 22.8 Å². The number of fused-ring (bicyclic) bond motifs is 1. The van der Waals surface area contributed by atoms with Gasteiger partial charge in [-0.15, -0.1) is 0 Å². The van der Waals surface area contributed by atoms with Crippen LogP contribution in [0.25, 0.3) is 10.9 Å². The summed E-state index contributed by atoms with van der Waals surface area (Å²) >= 11 is 0. The molecule has 0 radical (unpaired) electrons. The molecule has 6 nitrogen and oxygen atoms in total. The lowest BCUT2D eigenvalue weighted by Crippen LogP contribution is -2.59. The molecule has 2 saturated carbocycles. The van der Waals surface area contributed by atoms with Gasteiger partial charge in [0.25, 0.3) is 0 Å². The van der Waals surface area contributed by atoms with Gasteiger partial charge in [-0.25, -0.2) is 0 Å². The van der Waals surface area contributed by atoms with Crippen LogP contribution in [-0.2, 0) is 22.3 Å². The number of aromatic nitrogens is 1. The number of nitrogens with zero attached hydrogens (tertiary/aromatic N) is 2. The maximum Gasteiger partial charge on any atom is 0.416 e. The Balaban J connectivity index is 1.34. The van der Waals surface area contributed by atoms with Crippen LogP contribution in [0.2, 0.25) is 0 Å². The van der Waals surface area contributed by atoms with Crippen molar-refractivity contribution in [3.63, 3.8) is 0 Å². The molecule has 0 aliphatic heterocycles. The number of benzene rings is 3. The summed E-state index contributed by atoms with van der Waals surface area (Å²) < 4.78 is 40.3. The zero-order valence-corrected chi connectivity index (χ0v) is 28.4. The molecule has 2 amide bonds. The SMILES string of the molecule is Cc1[nH]c2ccccc2c1[C@@H]1[C@@H](CC(=O)N(Cc2ccc(C(F)(F)F)cc2)C2(C(=O)Nc3ccc(N(C)C)cc3)CCCCC2)C1(C)C. The Kier molecular flexibility index (Phi) is 8.85. The topological polar surface area (TPSA) is 68.4 Å². The second-order valence-electron chi connectivity index (χ2n) is 14.5. The highest BCUT2D eigenvalue weighted by Gasteiger charge is 2.60. The Bertz CT molecular complexity index is 1780. The van der Waals surface area contributed by atoms with Crippen LogP contribution in [0, 0.1) is 18.3 Å². The smallest absolute Gasteiger partial charge is 0.378 e. The molecule has 2 aliphatic carbocycles. The summed E-state index contributed by atoms with van der Waals surface area (Å²) in [6.07, 6.45) is -0.754. The third-order valence-electron chi connectivity index (χ3n) is 10.9. The predicted octanol–water partition coefficient (Wildman–Crippen LogP) is 9.06. The third kappa shape index (κ3) is 6.31. The first-order valence-electron chi connectivity index (χ1n) is 16.8. The van der Waals surface area contributed by atoms with Crippen molar-refractivity contribution in [2.75, 3.05) is 24.3 Å². The highest BCUT2D eigenvalue weighted by atomic mass is 19.4. The number of nitrogens with one attached hydrogen (secondary N) is 2. The summed E-state index contributed by atoms with van der Waals surface area (Å²) in [5, 5.41) is 4.27. The number of para-hydroxylation sites is 1. The second kappa shape index (κ2) is 12.6. The number of amides is 2. The molecule has 0 saturated heterocycles. The van der Waals surface area contributed by atoms with Crippen molar-refractivity contribution in [3.05, 3.63) is 95.2 Å². The summed E-state index contributed by atoms with van der Waals surface area (Å²) in [6, 6.07) is 20.7. The monoisotopic (exact) mass is 658 g/mol. The zero-order chi connectivity index (χ0) is 34.4. The molecule has 0 bridgehead atoms. The van der Waals surface area contributed by atoms with E-state index in [2.05, 4.69) is 43.2 Å². The molecule has 2 N–H and O–H groups in total. The van der Waals surface area contributed by atoms with Crippen molar-refractivity contribution in [2.45, 2.75) is 83.5 Å². The van der Waals surface area contributed by atoms with Crippen molar-refractivity contribution in [2.24, 2.45) is 11.3 Å². The molecular formula is C39H45F3N4O2. The number of hydrogen-bond donors (Lipinski definition) is 2. The molecule has 254 valence electrons. The van der Waals surface area contributed by atoms with E-state index in [1.165, 1.54) is 17.7 Å². The number of aromatic amines is 1. The molecule has 0 spiro atoms. The fourth-order valence-corrected chi connectivity index (χ4v) is 8.00. The maximum atomic E-state index is 14.7. The lowest BCUT2D eigenvalue weighted by molar-refractivity contribution is -0.149. The average Bonchev–Trinajstić information content (AvgIpc) is 3.40. The fourth-order valence-electron chi connectivity index (χ4n) is 8.00. The predicted molar refractivity (Wildman–Crippen MR) is 185 cm³/mol.